The zero-order chi connectivity index (χ0) is 10.4. The number of carbonyl (C=O) groups excluding carboxylic acids is 1. The number of ether oxygens (including phenoxy) is 1. The highest BCUT2D eigenvalue weighted by molar-refractivity contribution is 5.77. The van der Waals surface area contributed by atoms with Crippen LogP contribution in [0.25, 0.3) is 0 Å². The largest absolute Gasteiger partial charge is 0.370 e. The van der Waals surface area contributed by atoms with Crippen LogP contribution in [0.5, 0.6) is 0 Å². The molecule has 0 bridgehead atoms. The molecule has 14 heavy (non-hydrogen) atoms. The van der Waals surface area contributed by atoms with Crippen molar-refractivity contribution in [1.82, 2.24) is 5.32 Å². The molecule has 0 radical (unpaired) electrons. The highest BCUT2D eigenvalue weighted by Gasteiger charge is 2.31. The fraction of sp³-hybridized carbons (Fsp3) is 0.900. The molecule has 0 aromatic rings. The Bertz CT molecular complexity index is 191. The lowest BCUT2D eigenvalue weighted by Gasteiger charge is -2.38. The molecule has 1 amide bonds. The Labute approximate surface area is 85.2 Å². The van der Waals surface area contributed by atoms with E-state index in [4.69, 9.17) is 10.5 Å². The van der Waals surface area contributed by atoms with Crippen molar-refractivity contribution >= 4 is 5.91 Å². The van der Waals surface area contributed by atoms with Gasteiger partial charge >= 0.3 is 0 Å². The Balaban J connectivity index is 2.03. The molecule has 0 unspecified atom stereocenters. The Morgan fingerprint density at radius 2 is 2.29 bits per heavy atom. The predicted octanol–water partition coefficient (Wildman–Crippen LogP) is 0.268. The van der Waals surface area contributed by atoms with Gasteiger partial charge in [0.15, 0.2) is 0 Å². The molecular formula is C10H20N2O2. The van der Waals surface area contributed by atoms with Crippen molar-refractivity contribution in [2.45, 2.75) is 26.2 Å². The van der Waals surface area contributed by atoms with Gasteiger partial charge in [0.1, 0.15) is 6.61 Å². The number of rotatable bonds is 6. The molecule has 0 aromatic heterocycles. The van der Waals surface area contributed by atoms with Gasteiger partial charge in [0.05, 0.1) is 6.61 Å². The van der Waals surface area contributed by atoms with Crippen LogP contribution in [0.3, 0.4) is 0 Å². The fourth-order valence-corrected chi connectivity index (χ4v) is 1.57. The maximum atomic E-state index is 11.2. The Kier molecular flexibility index (Phi) is 4.35. The summed E-state index contributed by atoms with van der Waals surface area (Å²) in [6, 6.07) is 0. The first-order valence-electron chi connectivity index (χ1n) is 5.21. The lowest BCUT2D eigenvalue weighted by atomic mass is 9.70. The average molecular weight is 200 g/mol. The van der Waals surface area contributed by atoms with E-state index < -0.39 is 0 Å². The monoisotopic (exact) mass is 200 g/mol. The van der Waals surface area contributed by atoms with Crippen molar-refractivity contribution in [1.29, 1.82) is 0 Å². The maximum absolute atomic E-state index is 11.2. The van der Waals surface area contributed by atoms with Crippen LogP contribution in [0.2, 0.25) is 0 Å². The summed E-state index contributed by atoms with van der Waals surface area (Å²) in [6.07, 6.45) is 3.73. The van der Waals surface area contributed by atoms with Gasteiger partial charge in [-0.2, -0.15) is 0 Å². The van der Waals surface area contributed by atoms with E-state index >= 15 is 0 Å². The molecule has 0 aromatic carbocycles. The highest BCUT2D eigenvalue weighted by Crippen LogP contribution is 2.39. The predicted molar refractivity (Wildman–Crippen MR) is 54.8 cm³/mol. The van der Waals surface area contributed by atoms with Crippen molar-refractivity contribution in [3.63, 3.8) is 0 Å². The van der Waals surface area contributed by atoms with Crippen LogP contribution in [0.15, 0.2) is 0 Å². The molecule has 0 aliphatic heterocycles. The highest BCUT2D eigenvalue weighted by atomic mass is 16.5. The molecule has 1 aliphatic carbocycles. The first-order chi connectivity index (χ1) is 6.66. The van der Waals surface area contributed by atoms with Crippen LogP contribution < -0.4 is 11.1 Å². The average Bonchev–Trinajstić information content (AvgIpc) is 2.12. The Hall–Kier alpha value is -0.610. The summed E-state index contributed by atoms with van der Waals surface area (Å²) in [7, 11) is 0. The molecule has 3 N–H and O–H groups in total. The van der Waals surface area contributed by atoms with Crippen molar-refractivity contribution in [2.24, 2.45) is 11.1 Å². The van der Waals surface area contributed by atoms with Crippen LogP contribution >= 0.6 is 0 Å². The van der Waals surface area contributed by atoms with Crippen LogP contribution in [0.4, 0.5) is 0 Å². The van der Waals surface area contributed by atoms with Crippen LogP contribution in [-0.2, 0) is 9.53 Å². The minimum Gasteiger partial charge on any atom is -0.370 e. The van der Waals surface area contributed by atoms with Gasteiger partial charge in [-0.05, 0) is 18.3 Å². The standard InChI is InChI=1S/C10H20N2O2/c1-10(3-2-4-10)8-12-9(13)7-14-6-5-11/h2-8,11H2,1H3,(H,12,13). The number of nitrogens with two attached hydrogens (primary N) is 1. The number of carbonyl (C=O) groups is 1. The van der Waals surface area contributed by atoms with Crippen LogP contribution in [-0.4, -0.2) is 32.2 Å². The van der Waals surface area contributed by atoms with Crippen molar-refractivity contribution in [3.05, 3.63) is 0 Å². The summed E-state index contributed by atoms with van der Waals surface area (Å²) in [5.41, 5.74) is 5.57. The van der Waals surface area contributed by atoms with E-state index in [0.29, 0.717) is 18.6 Å². The summed E-state index contributed by atoms with van der Waals surface area (Å²) in [5, 5.41) is 2.88. The number of hydrogen-bond acceptors (Lipinski definition) is 3. The summed E-state index contributed by atoms with van der Waals surface area (Å²) >= 11 is 0. The molecule has 1 saturated carbocycles. The van der Waals surface area contributed by atoms with Gasteiger partial charge in [-0.3, -0.25) is 4.79 Å². The number of hydrogen-bond donors (Lipinski definition) is 2. The molecule has 1 fully saturated rings. The molecule has 1 aliphatic rings. The molecule has 82 valence electrons. The van der Waals surface area contributed by atoms with E-state index in [1.807, 2.05) is 0 Å². The lowest BCUT2D eigenvalue weighted by Crippen LogP contribution is -2.41. The minimum absolute atomic E-state index is 0.0356. The maximum Gasteiger partial charge on any atom is 0.246 e. The number of nitrogens with one attached hydrogen (secondary N) is 1. The quantitative estimate of drug-likeness (QED) is 0.605. The fourth-order valence-electron chi connectivity index (χ4n) is 1.57. The molecule has 4 heteroatoms. The molecule has 4 nitrogen and oxygen atoms in total. The second-order valence-electron chi connectivity index (χ2n) is 4.28. The van der Waals surface area contributed by atoms with Gasteiger partial charge in [0, 0.05) is 13.1 Å². The lowest BCUT2D eigenvalue weighted by molar-refractivity contribution is -0.126. The second kappa shape index (κ2) is 5.32. The number of amides is 1. The van der Waals surface area contributed by atoms with Crippen molar-refractivity contribution < 1.29 is 9.53 Å². The molecule has 0 saturated heterocycles. The van der Waals surface area contributed by atoms with E-state index in [0.717, 1.165) is 6.54 Å². The molecular weight excluding hydrogens is 180 g/mol. The molecule has 0 spiro atoms. The molecule has 1 rings (SSSR count). The smallest absolute Gasteiger partial charge is 0.246 e. The van der Waals surface area contributed by atoms with Gasteiger partial charge in [-0.25, -0.2) is 0 Å². The van der Waals surface area contributed by atoms with E-state index in [1.54, 1.807) is 0 Å². The van der Waals surface area contributed by atoms with Crippen molar-refractivity contribution in [3.8, 4) is 0 Å². The van der Waals surface area contributed by atoms with Crippen LogP contribution in [0.1, 0.15) is 26.2 Å². The Morgan fingerprint density at radius 3 is 2.79 bits per heavy atom. The summed E-state index contributed by atoms with van der Waals surface area (Å²) < 4.78 is 5.02. The zero-order valence-corrected chi connectivity index (χ0v) is 8.84. The third kappa shape index (κ3) is 3.64. The third-order valence-corrected chi connectivity index (χ3v) is 2.77. The summed E-state index contributed by atoms with van der Waals surface area (Å²) in [4.78, 5) is 11.2. The van der Waals surface area contributed by atoms with Crippen molar-refractivity contribution in [2.75, 3.05) is 26.3 Å². The first-order valence-corrected chi connectivity index (χ1v) is 5.21. The van der Waals surface area contributed by atoms with E-state index in [2.05, 4.69) is 12.2 Å². The summed E-state index contributed by atoms with van der Waals surface area (Å²) in [6.45, 7) is 4.03. The first kappa shape index (κ1) is 11.5. The SMILES string of the molecule is CC1(CNC(=O)COCCN)CCC1. The van der Waals surface area contributed by atoms with E-state index in [1.165, 1.54) is 19.3 Å². The van der Waals surface area contributed by atoms with Gasteiger partial charge in [-0.1, -0.05) is 13.3 Å². The molecule has 0 atom stereocenters. The third-order valence-electron chi connectivity index (χ3n) is 2.77. The van der Waals surface area contributed by atoms with Gasteiger partial charge in [0.2, 0.25) is 5.91 Å². The summed E-state index contributed by atoms with van der Waals surface area (Å²) in [5.74, 6) is -0.0356. The van der Waals surface area contributed by atoms with E-state index in [9.17, 15) is 4.79 Å². The van der Waals surface area contributed by atoms with Gasteiger partial charge in [0.25, 0.3) is 0 Å². The second-order valence-corrected chi connectivity index (χ2v) is 4.28. The van der Waals surface area contributed by atoms with Gasteiger partial charge < -0.3 is 15.8 Å². The minimum atomic E-state index is -0.0356. The van der Waals surface area contributed by atoms with Crippen LogP contribution in [0, 0.1) is 5.41 Å². The molecule has 0 heterocycles. The Morgan fingerprint density at radius 1 is 1.57 bits per heavy atom. The zero-order valence-electron chi connectivity index (χ0n) is 8.84. The topological polar surface area (TPSA) is 64.3 Å². The normalized spacial score (nSPS) is 18.7. The van der Waals surface area contributed by atoms with Gasteiger partial charge in [-0.15, -0.1) is 0 Å². The van der Waals surface area contributed by atoms with E-state index in [-0.39, 0.29) is 12.5 Å².